The van der Waals surface area contributed by atoms with Crippen LogP contribution in [-0.2, 0) is 17.9 Å². The molecule has 2 nitrogen and oxygen atoms in total. The third-order valence-electron chi connectivity index (χ3n) is 4.27. The van der Waals surface area contributed by atoms with Gasteiger partial charge in [-0.1, -0.05) is 76.0 Å². The van der Waals surface area contributed by atoms with Gasteiger partial charge in [0.25, 0.3) is 6.33 Å². The van der Waals surface area contributed by atoms with Crippen molar-refractivity contribution in [3.63, 3.8) is 0 Å². The van der Waals surface area contributed by atoms with E-state index in [4.69, 9.17) is 0 Å². The zero-order chi connectivity index (χ0) is 17.3. The van der Waals surface area contributed by atoms with E-state index in [1.54, 1.807) is 0 Å². The molecule has 1 heterocycles. The Morgan fingerprint density at radius 3 is 2.30 bits per heavy atom. The van der Waals surface area contributed by atoms with Crippen LogP contribution in [0.1, 0.15) is 52.8 Å². The first-order valence-corrected chi connectivity index (χ1v) is 8.26. The maximum absolute atomic E-state index is 4.61. The number of allylic oxidation sites excluding steroid dienone is 2. The number of rotatable bonds is 3. The first kappa shape index (κ1) is 17.4. The van der Waals surface area contributed by atoms with Crippen molar-refractivity contribution in [3.05, 3.63) is 60.1 Å². The highest BCUT2D eigenvalue weighted by molar-refractivity contribution is 5.64. The molecule has 0 unspecified atom stereocenters. The van der Waals surface area contributed by atoms with Crippen LogP contribution in [0.15, 0.2) is 48.8 Å². The second kappa shape index (κ2) is 6.27. The number of hydrogen-bond donors (Lipinski definition) is 0. The number of hydrogen-bond acceptors (Lipinski definition) is 1. The van der Waals surface area contributed by atoms with Crippen molar-refractivity contribution in [1.82, 2.24) is 4.98 Å². The van der Waals surface area contributed by atoms with E-state index in [1.165, 1.54) is 16.8 Å². The molecule has 1 aromatic heterocycles. The Kier molecular flexibility index (Phi) is 4.74. The Labute approximate surface area is 140 Å². The van der Waals surface area contributed by atoms with Gasteiger partial charge in [0.15, 0.2) is 5.69 Å². The lowest BCUT2D eigenvalue weighted by atomic mass is 9.80. The molecule has 1 aromatic carbocycles. The number of aromatic nitrogens is 2. The zero-order valence-corrected chi connectivity index (χ0v) is 15.5. The average Bonchev–Trinajstić information content (AvgIpc) is 2.46. The predicted molar refractivity (Wildman–Crippen MR) is 97.4 cm³/mol. The summed E-state index contributed by atoms with van der Waals surface area (Å²) >= 11 is 0. The zero-order valence-electron chi connectivity index (χ0n) is 15.5. The summed E-state index contributed by atoms with van der Waals surface area (Å²) in [5.74, 6) is 0. The van der Waals surface area contributed by atoms with Crippen LogP contribution in [0.4, 0.5) is 0 Å². The summed E-state index contributed by atoms with van der Waals surface area (Å²) in [4.78, 5) is 4.61. The van der Waals surface area contributed by atoms with E-state index in [2.05, 4.69) is 101 Å². The molecular weight excluding hydrogens is 280 g/mol. The van der Waals surface area contributed by atoms with Gasteiger partial charge < -0.3 is 0 Å². The van der Waals surface area contributed by atoms with Crippen molar-refractivity contribution in [2.45, 2.75) is 52.4 Å². The summed E-state index contributed by atoms with van der Waals surface area (Å²) in [6.45, 7) is 13.2. The fourth-order valence-electron chi connectivity index (χ4n) is 2.93. The van der Waals surface area contributed by atoms with Gasteiger partial charge in [-0.05, 0) is 12.5 Å². The van der Waals surface area contributed by atoms with E-state index in [9.17, 15) is 0 Å². The van der Waals surface area contributed by atoms with Gasteiger partial charge in [-0.3, -0.25) is 0 Å². The Balaban J connectivity index is 2.69. The van der Waals surface area contributed by atoms with Crippen LogP contribution in [0.3, 0.4) is 0 Å². The molecule has 0 saturated heterocycles. The minimum absolute atomic E-state index is 0.0104. The number of aryl methyl sites for hydroxylation is 1. The summed E-state index contributed by atoms with van der Waals surface area (Å²) in [6, 6.07) is 10.9. The van der Waals surface area contributed by atoms with E-state index in [0.717, 1.165) is 5.69 Å². The van der Waals surface area contributed by atoms with Crippen LogP contribution in [0.5, 0.6) is 0 Å². The van der Waals surface area contributed by atoms with Crippen molar-refractivity contribution in [2.75, 3.05) is 0 Å². The lowest BCUT2D eigenvalue weighted by Crippen LogP contribution is -2.34. The molecule has 2 aromatic rings. The van der Waals surface area contributed by atoms with E-state index < -0.39 is 0 Å². The SMILES string of the molecule is CC=CC(C)(C)c1ccccc1-c1cc(C(C)(C)C)nc[n+]1C. The van der Waals surface area contributed by atoms with E-state index in [0.29, 0.717) is 0 Å². The molecular formula is C21H29N2+. The minimum Gasteiger partial charge on any atom is -0.233 e. The fraction of sp³-hybridized carbons (Fsp3) is 0.429. The molecule has 0 aliphatic heterocycles. The lowest BCUT2D eigenvalue weighted by Gasteiger charge is -2.24. The number of nitrogens with zero attached hydrogens (tertiary/aromatic N) is 2. The topological polar surface area (TPSA) is 16.8 Å². The first-order chi connectivity index (χ1) is 10.7. The van der Waals surface area contributed by atoms with Crippen molar-refractivity contribution >= 4 is 0 Å². The second-order valence-electron chi connectivity index (χ2n) is 7.79. The molecule has 0 bridgehead atoms. The fourth-order valence-corrected chi connectivity index (χ4v) is 2.93. The maximum atomic E-state index is 4.61. The number of benzene rings is 1. The molecule has 0 aliphatic rings. The van der Waals surface area contributed by atoms with E-state index in [-0.39, 0.29) is 10.8 Å². The Hall–Kier alpha value is -1.96. The van der Waals surface area contributed by atoms with Crippen molar-refractivity contribution in [2.24, 2.45) is 7.05 Å². The highest BCUT2D eigenvalue weighted by atomic mass is 15.0. The molecule has 0 N–H and O–H groups in total. The molecule has 2 heteroatoms. The predicted octanol–water partition coefficient (Wildman–Crippen LogP) is 4.72. The molecule has 0 atom stereocenters. The van der Waals surface area contributed by atoms with Crippen LogP contribution in [-0.4, -0.2) is 4.98 Å². The Morgan fingerprint density at radius 1 is 1.04 bits per heavy atom. The van der Waals surface area contributed by atoms with E-state index >= 15 is 0 Å². The molecule has 23 heavy (non-hydrogen) atoms. The summed E-state index contributed by atoms with van der Waals surface area (Å²) in [5, 5.41) is 0. The van der Waals surface area contributed by atoms with Gasteiger partial charge in [-0.15, -0.1) is 0 Å². The van der Waals surface area contributed by atoms with Crippen LogP contribution in [0.25, 0.3) is 11.3 Å². The third-order valence-corrected chi connectivity index (χ3v) is 4.27. The van der Waals surface area contributed by atoms with Crippen LogP contribution >= 0.6 is 0 Å². The third kappa shape index (κ3) is 3.69. The average molecular weight is 309 g/mol. The molecule has 122 valence electrons. The molecule has 0 spiro atoms. The molecule has 0 fully saturated rings. The smallest absolute Gasteiger partial charge is 0.233 e. The summed E-state index contributed by atoms with van der Waals surface area (Å²) in [6.07, 6.45) is 6.32. The van der Waals surface area contributed by atoms with Crippen molar-refractivity contribution in [3.8, 4) is 11.3 Å². The van der Waals surface area contributed by atoms with Gasteiger partial charge in [0, 0.05) is 22.5 Å². The second-order valence-corrected chi connectivity index (χ2v) is 7.79. The summed E-state index contributed by atoms with van der Waals surface area (Å²) in [5.41, 5.74) is 4.95. The lowest BCUT2D eigenvalue weighted by molar-refractivity contribution is -0.663. The van der Waals surface area contributed by atoms with Gasteiger partial charge in [-0.25, -0.2) is 4.57 Å². The standard InChI is InChI=1S/C21H29N2/c1-8-13-21(5,6)17-12-10-9-11-16(17)18-14-19(20(2,3)4)22-15-23(18)7/h8-15H,1-7H3/q+1. The highest BCUT2D eigenvalue weighted by Gasteiger charge is 2.26. The summed E-state index contributed by atoms with van der Waals surface area (Å²) < 4.78 is 2.11. The van der Waals surface area contributed by atoms with E-state index in [1.807, 2.05) is 6.33 Å². The van der Waals surface area contributed by atoms with Crippen molar-refractivity contribution < 1.29 is 4.57 Å². The Bertz CT molecular complexity index is 719. The van der Waals surface area contributed by atoms with Gasteiger partial charge in [0.05, 0.1) is 7.05 Å². The molecule has 0 amide bonds. The highest BCUT2D eigenvalue weighted by Crippen LogP contribution is 2.33. The van der Waals surface area contributed by atoms with Gasteiger partial charge >= 0.3 is 0 Å². The normalized spacial score (nSPS) is 12.8. The first-order valence-electron chi connectivity index (χ1n) is 8.26. The molecule has 0 radical (unpaired) electrons. The molecule has 0 saturated carbocycles. The van der Waals surface area contributed by atoms with Crippen molar-refractivity contribution in [1.29, 1.82) is 0 Å². The van der Waals surface area contributed by atoms with Gasteiger partial charge in [0.1, 0.15) is 5.69 Å². The quantitative estimate of drug-likeness (QED) is 0.592. The van der Waals surface area contributed by atoms with Gasteiger partial charge in [-0.2, -0.15) is 0 Å². The van der Waals surface area contributed by atoms with Crippen LogP contribution in [0.2, 0.25) is 0 Å². The maximum Gasteiger partial charge on any atom is 0.286 e. The van der Waals surface area contributed by atoms with Crippen LogP contribution in [0, 0.1) is 0 Å². The molecule has 2 rings (SSSR count). The Morgan fingerprint density at radius 2 is 1.70 bits per heavy atom. The van der Waals surface area contributed by atoms with Gasteiger partial charge in [0.2, 0.25) is 0 Å². The monoisotopic (exact) mass is 309 g/mol. The van der Waals surface area contributed by atoms with Crippen LogP contribution < -0.4 is 4.57 Å². The summed E-state index contributed by atoms with van der Waals surface area (Å²) in [7, 11) is 2.06. The molecule has 0 aliphatic carbocycles. The largest absolute Gasteiger partial charge is 0.286 e. The minimum atomic E-state index is -0.0104.